The molecule has 0 aliphatic rings. The maximum absolute atomic E-state index is 12.7. The summed E-state index contributed by atoms with van der Waals surface area (Å²) in [6.45, 7) is 3.69. The van der Waals surface area contributed by atoms with Gasteiger partial charge in [-0.05, 0) is 63.8 Å². The van der Waals surface area contributed by atoms with Gasteiger partial charge < -0.3 is 10.2 Å². The lowest BCUT2D eigenvalue weighted by Gasteiger charge is -2.17. The molecular formula is C21H29N3O3S. The third-order valence-electron chi connectivity index (χ3n) is 4.42. The Morgan fingerprint density at radius 3 is 2.14 bits per heavy atom. The first-order valence-corrected chi connectivity index (χ1v) is 10.7. The topological polar surface area (TPSA) is 69.7 Å². The molecule has 2 aromatic carbocycles. The van der Waals surface area contributed by atoms with Gasteiger partial charge in [0.25, 0.3) is 5.91 Å². The Bertz CT molecular complexity index is 876. The molecule has 1 N–H and O–H groups in total. The molecule has 1 amide bonds. The molecule has 0 heterocycles. The summed E-state index contributed by atoms with van der Waals surface area (Å²) in [5.74, 6) is -0.120. The van der Waals surface area contributed by atoms with Gasteiger partial charge >= 0.3 is 0 Å². The molecule has 2 aromatic rings. The highest BCUT2D eigenvalue weighted by molar-refractivity contribution is 7.89. The summed E-state index contributed by atoms with van der Waals surface area (Å²) in [4.78, 5) is 14.5. The number of hydrogen-bond acceptors (Lipinski definition) is 4. The van der Waals surface area contributed by atoms with Crippen LogP contribution in [-0.4, -0.2) is 57.8 Å². The predicted molar refractivity (Wildman–Crippen MR) is 112 cm³/mol. The van der Waals surface area contributed by atoms with Crippen LogP contribution in [0.25, 0.3) is 0 Å². The zero-order valence-electron chi connectivity index (χ0n) is 17.0. The molecule has 0 radical (unpaired) electrons. The monoisotopic (exact) mass is 403 g/mol. The molecule has 0 unspecified atom stereocenters. The fourth-order valence-electron chi connectivity index (χ4n) is 2.69. The molecule has 0 spiro atoms. The molecule has 0 fully saturated rings. The number of rotatable bonds is 9. The van der Waals surface area contributed by atoms with E-state index in [1.54, 1.807) is 55.6 Å². The Morgan fingerprint density at radius 2 is 1.57 bits per heavy atom. The lowest BCUT2D eigenvalue weighted by atomic mass is 10.1. The summed E-state index contributed by atoms with van der Waals surface area (Å²) in [5, 5.41) is 2.89. The number of hydrogen-bond donors (Lipinski definition) is 1. The van der Waals surface area contributed by atoms with Gasteiger partial charge in [0, 0.05) is 25.7 Å². The van der Waals surface area contributed by atoms with E-state index in [1.165, 1.54) is 4.31 Å². The predicted octanol–water partition coefficient (Wildman–Crippen LogP) is 2.50. The van der Waals surface area contributed by atoms with Crippen LogP contribution in [0.4, 0.5) is 0 Å². The highest BCUT2D eigenvalue weighted by atomic mass is 32.2. The van der Waals surface area contributed by atoms with Crippen LogP contribution in [0.5, 0.6) is 0 Å². The Kier molecular flexibility index (Phi) is 7.74. The van der Waals surface area contributed by atoms with Crippen LogP contribution in [-0.2, 0) is 16.6 Å². The molecule has 152 valence electrons. The van der Waals surface area contributed by atoms with Crippen molar-refractivity contribution in [2.75, 3.05) is 34.2 Å². The Hall–Kier alpha value is -2.22. The van der Waals surface area contributed by atoms with Crippen molar-refractivity contribution >= 4 is 15.9 Å². The van der Waals surface area contributed by atoms with Gasteiger partial charge in [-0.25, -0.2) is 8.42 Å². The summed E-state index contributed by atoms with van der Waals surface area (Å²) in [6, 6.07) is 13.8. The van der Waals surface area contributed by atoms with Crippen LogP contribution in [0, 0.1) is 6.92 Å². The highest BCUT2D eigenvalue weighted by Gasteiger charge is 2.20. The SMILES string of the molecule is Cc1ccc(S(=O)(=O)N(C)Cc2ccc(C(=O)NCCCN(C)C)cc2)cc1. The van der Waals surface area contributed by atoms with Crippen molar-refractivity contribution in [2.24, 2.45) is 0 Å². The molecule has 0 aromatic heterocycles. The van der Waals surface area contributed by atoms with Gasteiger partial charge in [-0.15, -0.1) is 0 Å². The zero-order chi connectivity index (χ0) is 20.7. The van der Waals surface area contributed by atoms with E-state index >= 15 is 0 Å². The molecule has 0 aliphatic heterocycles. The average Bonchev–Trinajstić information content (AvgIpc) is 2.65. The van der Waals surface area contributed by atoms with Gasteiger partial charge in [-0.2, -0.15) is 4.31 Å². The second-order valence-corrected chi connectivity index (χ2v) is 9.23. The number of nitrogens with one attached hydrogen (secondary N) is 1. The van der Waals surface area contributed by atoms with Crippen LogP contribution in [0.2, 0.25) is 0 Å². The molecule has 0 aliphatic carbocycles. The fourth-order valence-corrected chi connectivity index (χ4v) is 3.85. The molecule has 7 heteroatoms. The minimum atomic E-state index is -3.55. The Balaban J connectivity index is 1.96. The zero-order valence-corrected chi connectivity index (χ0v) is 17.8. The van der Waals surface area contributed by atoms with Crippen molar-refractivity contribution in [1.29, 1.82) is 0 Å². The molecule has 0 saturated heterocycles. The quantitative estimate of drug-likeness (QED) is 0.653. The standard InChI is InChI=1S/C21H29N3O3S/c1-17-6-12-20(13-7-17)28(26,27)24(4)16-18-8-10-19(11-9-18)21(25)22-14-5-15-23(2)3/h6-13H,5,14-16H2,1-4H3,(H,22,25). The number of benzene rings is 2. The van der Waals surface area contributed by atoms with Gasteiger partial charge in [0.05, 0.1) is 4.90 Å². The Morgan fingerprint density at radius 1 is 0.964 bits per heavy atom. The molecular weight excluding hydrogens is 374 g/mol. The van der Waals surface area contributed by atoms with Crippen LogP contribution >= 0.6 is 0 Å². The normalized spacial score (nSPS) is 11.8. The third-order valence-corrected chi connectivity index (χ3v) is 6.24. The average molecular weight is 404 g/mol. The van der Waals surface area contributed by atoms with E-state index in [0.29, 0.717) is 12.1 Å². The maximum Gasteiger partial charge on any atom is 0.251 e. The maximum atomic E-state index is 12.7. The second-order valence-electron chi connectivity index (χ2n) is 7.18. The molecule has 0 saturated carbocycles. The highest BCUT2D eigenvalue weighted by Crippen LogP contribution is 2.17. The van der Waals surface area contributed by atoms with Crippen LogP contribution in [0.3, 0.4) is 0 Å². The summed E-state index contributed by atoms with van der Waals surface area (Å²) < 4.78 is 26.7. The van der Waals surface area contributed by atoms with Gasteiger partial charge in [0.2, 0.25) is 10.0 Å². The smallest absolute Gasteiger partial charge is 0.251 e. The van der Waals surface area contributed by atoms with Crippen molar-refractivity contribution in [3.63, 3.8) is 0 Å². The van der Waals surface area contributed by atoms with Crippen molar-refractivity contribution in [3.8, 4) is 0 Å². The first-order valence-electron chi connectivity index (χ1n) is 9.25. The summed E-state index contributed by atoms with van der Waals surface area (Å²) >= 11 is 0. The van der Waals surface area contributed by atoms with Crippen molar-refractivity contribution in [2.45, 2.75) is 24.8 Å². The Labute approximate surface area is 168 Å². The molecule has 2 rings (SSSR count). The van der Waals surface area contributed by atoms with Crippen molar-refractivity contribution in [1.82, 2.24) is 14.5 Å². The van der Waals surface area contributed by atoms with E-state index in [0.717, 1.165) is 24.1 Å². The molecule has 28 heavy (non-hydrogen) atoms. The van der Waals surface area contributed by atoms with Crippen LogP contribution in [0.15, 0.2) is 53.4 Å². The third kappa shape index (κ3) is 6.15. The van der Waals surface area contributed by atoms with E-state index in [4.69, 9.17) is 0 Å². The first-order chi connectivity index (χ1) is 13.2. The summed E-state index contributed by atoms with van der Waals surface area (Å²) in [7, 11) is 2.00. The number of carbonyl (C=O) groups excluding carboxylic acids is 1. The number of amides is 1. The van der Waals surface area contributed by atoms with Gasteiger partial charge in [0.1, 0.15) is 0 Å². The number of aryl methyl sites for hydroxylation is 1. The van der Waals surface area contributed by atoms with E-state index < -0.39 is 10.0 Å². The van der Waals surface area contributed by atoms with E-state index in [2.05, 4.69) is 10.2 Å². The minimum Gasteiger partial charge on any atom is -0.352 e. The van der Waals surface area contributed by atoms with Crippen LogP contribution < -0.4 is 5.32 Å². The molecule has 0 bridgehead atoms. The van der Waals surface area contributed by atoms with E-state index in [1.807, 2.05) is 21.0 Å². The lowest BCUT2D eigenvalue weighted by Crippen LogP contribution is -2.27. The van der Waals surface area contributed by atoms with Crippen molar-refractivity contribution < 1.29 is 13.2 Å². The summed E-state index contributed by atoms with van der Waals surface area (Å²) in [6.07, 6.45) is 0.887. The second kappa shape index (κ2) is 9.82. The van der Waals surface area contributed by atoms with E-state index in [9.17, 15) is 13.2 Å². The lowest BCUT2D eigenvalue weighted by molar-refractivity contribution is 0.0952. The largest absolute Gasteiger partial charge is 0.352 e. The first kappa shape index (κ1) is 22.1. The van der Waals surface area contributed by atoms with Crippen LogP contribution in [0.1, 0.15) is 27.9 Å². The minimum absolute atomic E-state index is 0.120. The summed E-state index contributed by atoms with van der Waals surface area (Å²) in [5.41, 5.74) is 2.40. The number of nitrogens with zero attached hydrogens (tertiary/aromatic N) is 2. The van der Waals surface area contributed by atoms with E-state index in [-0.39, 0.29) is 17.3 Å². The molecule has 0 atom stereocenters. The van der Waals surface area contributed by atoms with Gasteiger partial charge in [-0.1, -0.05) is 29.8 Å². The van der Waals surface area contributed by atoms with Gasteiger partial charge in [0.15, 0.2) is 0 Å². The fraction of sp³-hybridized carbons (Fsp3) is 0.381. The number of sulfonamides is 1. The van der Waals surface area contributed by atoms with Gasteiger partial charge in [-0.3, -0.25) is 4.79 Å². The molecule has 6 nitrogen and oxygen atoms in total. The van der Waals surface area contributed by atoms with Crippen molar-refractivity contribution in [3.05, 3.63) is 65.2 Å². The number of carbonyl (C=O) groups is 1.